The molecule has 0 heterocycles. The zero-order chi connectivity index (χ0) is 36.6. The number of primary amides is 1. The second-order valence-electron chi connectivity index (χ2n) is 12.9. The van der Waals surface area contributed by atoms with Crippen molar-refractivity contribution < 1.29 is 48.1 Å². The molecule has 0 aliphatic heterocycles. The summed E-state index contributed by atoms with van der Waals surface area (Å²) in [6, 6.07) is 3.78. The first-order valence-electron chi connectivity index (χ1n) is 16.0. The normalized spacial score (nSPS) is 14.3. The predicted molar refractivity (Wildman–Crippen MR) is 175 cm³/mol. The second-order valence-corrected chi connectivity index (χ2v) is 12.9. The largest absolute Gasteiger partial charge is 0.480 e. The Morgan fingerprint density at radius 2 is 1.35 bits per heavy atom. The minimum absolute atomic E-state index is 0.0173. The summed E-state index contributed by atoms with van der Waals surface area (Å²) in [4.78, 5) is 88.3. The van der Waals surface area contributed by atoms with Crippen LogP contribution in [0.5, 0.6) is 0 Å². The predicted octanol–water partition coefficient (Wildman–Crippen LogP) is 1.91. The summed E-state index contributed by atoms with van der Waals surface area (Å²) in [5, 5.41) is 19.6. The molecule has 15 heteroatoms. The van der Waals surface area contributed by atoms with Crippen molar-refractivity contribution in [3.05, 3.63) is 35.9 Å². The molecule has 0 saturated heterocycles. The maximum absolute atomic E-state index is 13.6. The molecule has 0 unspecified atom stereocenters. The quantitative estimate of drug-likeness (QED) is 0.116. The minimum Gasteiger partial charge on any atom is -0.480 e. The number of ether oxygens (including phenoxy) is 2. The zero-order valence-electron chi connectivity index (χ0n) is 28.8. The third-order valence-corrected chi connectivity index (χ3v) is 7.21. The van der Waals surface area contributed by atoms with Crippen molar-refractivity contribution in [3.8, 4) is 0 Å². The van der Waals surface area contributed by atoms with Crippen LogP contribution in [-0.4, -0.2) is 76.5 Å². The maximum Gasteiger partial charge on any atom is 0.408 e. The number of benzene rings is 1. The fourth-order valence-corrected chi connectivity index (χ4v) is 4.37. The van der Waals surface area contributed by atoms with E-state index in [1.54, 1.807) is 65.8 Å². The van der Waals surface area contributed by atoms with Gasteiger partial charge in [-0.2, -0.15) is 0 Å². The fourth-order valence-electron chi connectivity index (χ4n) is 4.37. The van der Waals surface area contributed by atoms with Gasteiger partial charge in [-0.25, -0.2) is 9.59 Å². The van der Waals surface area contributed by atoms with Gasteiger partial charge in [0, 0.05) is 12.8 Å². The van der Waals surface area contributed by atoms with E-state index in [1.165, 1.54) is 0 Å². The highest BCUT2D eigenvalue weighted by Crippen LogP contribution is 2.14. The van der Waals surface area contributed by atoms with Crippen LogP contribution in [0.4, 0.5) is 4.79 Å². The monoisotopic (exact) mass is 677 g/mol. The van der Waals surface area contributed by atoms with Crippen LogP contribution in [0.2, 0.25) is 0 Å². The number of carboxylic acids is 1. The summed E-state index contributed by atoms with van der Waals surface area (Å²) in [7, 11) is 0. The summed E-state index contributed by atoms with van der Waals surface area (Å²) in [6.07, 6.45) is -1.52. The van der Waals surface area contributed by atoms with Crippen molar-refractivity contribution >= 4 is 41.7 Å². The zero-order valence-corrected chi connectivity index (χ0v) is 28.8. The van der Waals surface area contributed by atoms with Crippen LogP contribution in [-0.2, 0) is 44.8 Å². The average Bonchev–Trinajstić information content (AvgIpc) is 3.00. The number of carbonyl (C=O) groups excluding carboxylic acids is 6. The highest BCUT2D eigenvalue weighted by atomic mass is 16.6. The number of rotatable bonds is 19. The van der Waals surface area contributed by atoms with Crippen LogP contribution in [0.1, 0.15) is 86.1 Å². The van der Waals surface area contributed by atoms with Gasteiger partial charge in [0.1, 0.15) is 36.4 Å². The van der Waals surface area contributed by atoms with E-state index < -0.39 is 77.3 Å². The number of hydrogen-bond donors (Lipinski definition) is 6. The molecule has 5 atom stereocenters. The lowest BCUT2D eigenvalue weighted by Crippen LogP contribution is -2.60. The van der Waals surface area contributed by atoms with Gasteiger partial charge in [0.05, 0.1) is 0 Å². The van der Waals surface area contributed by atoms with Crippen molar-refractivity contribution in [3.63, 3.8) is 0 Å². The van der Waals surface area contributed by atoms with E-state index in [1.807, 2.05) is 13.0 Å². The Hall–Kier alpha value is -4.69. The molecule has 0 saturated carbocycles. The topological polar surface area (TPSA) is 232 Å². The van der Waals surface area contributed by atoms with E-state index in [0.717, 1.165) is 5.56 Å². The molecule has 0 radical (unpaired) electrons. The Bertz CT molecular complexity index is 1270. The molecular weight excluding hydrogens is 626 g/mol. The molecule has 0 fully saturated rings. The van der Waals surface area contributed by atoms with Crippen LogP contribution in [0, 0.1) is 11.8 Å². The number of nitrogens with two attached hydrogens (primary N) is 1. The molecule has 0 bridgehead atoms. The summed E-state index contributed by atoms with van der Waals surface area (Å²) in [5.41, 5.74) is 5.06. The standard InChI is InChI=1S/C33H51N5O10/c1-8-20(4)27(38-32(46)47-18-21-12-10-9-11-13-21)30(43)37-26(19(2)3)29(42)35-22(15-17-25(40)48-33(5,6)7)28(41)36-23(31(44)45)14-16-24(34)39/h9-13,19-20,22-23,26-27H,8,14-18H2,1-7H3,(H2,34,39)(H,35,42)(H,36,41)(H,37,43)(H,38,46)(H,44,45)/t20-,22-,23-,26-,27-/m0/s1. The van der Waals surface area contributed by atoms with Gasteiger partial charge in [-0.3, -0.25) is 24.0 Å². The number of alkyl carbamates (subject to hydrolysis) is 1. The van der Waals surface area contributed by atoms with Gasteiger partial charge in [0.25, 0.3) is 0 Å². The molecule has 0 aliphatic rings. The van der Waals surface area contributed by atoms with E-state index in [4.69, 9.17) is 15.2 Å². The summed E-state index contributed by atoms with van der Waals surface area (Å²) in [6.45, 7) is 11.9. The number of esters is 1. The molecule has 7 N–H and O–H groups in total. The molecule has 5 amide bonds. The number of nitrogens with one attached hydrogen (secondary N) is 4. The molecule has 15 nitrogen and oxygen atoms in total. The minimum atomic E-state index is -1.50. The SMILES string of the molecule is CC[C@H](C)[C@H](NC(=O)OCc1ccccc1)C(=O)N[C@H](C(=O)N[C@@H](CCC(=O)OC(C)(C)C)C(=O)N[C@@H](CCC(N)=O)C(=O)O)C(C)C. The molecule has 0 aliphatic carbocycles. The van der Waals surface area contributed by atoms with Crippen LogP contribution in [0.25, 0.3) is 0 Å². The van der Waals surface area contributed by atoms with Gasteiger partial charge in [-0.15, -0.1) is 0 Å². The summed E-state index contributed by atoms with van der Waals surface area (Å²) in [5.74, 6) is -6.11. The smallest absolute Gasteiger partial charge is 0.408 e. The van der Waals surface area contributed by atoms with Gasteiger partial charge in [-0.05, 0) is 51.0 Å². The van der Waals surface area contributed by atoms with Crippen molar-refractivity contribution in [2.24, 2.45) is 17.6 Å². The molecule has 0 aromatic heterocycles. The lowest BCUT2D eigenvalue weighted by Gasteiger charge is -2.29. The molecule has 1 rings (SSSR count). The van der Waals surface area contributed by atoms with Crippen molar-refractivity contribution in [1.82, 2.24) is 21.3 Å². The Balaban J connectivity index is 3.15. The Labute approximate surface area is 281 Å². The van der Waals surface area contributed by atoms with Crippen molar-refractivity contribution in [2.45, 2.75) is 117 Å². The van der Waals surface area contributed by atoms with Gasteiger partial charge < -0.3 is 41.6 Å². The third kappa shape index (κ3) is 15.7. The highest BCUT2D eigenvalue weighted by molar-refractivity contribution is 5.95. The highest BCUT2D eigenvalue weighted by Gasteiger charge is 2.34. The summed E-state index contributed by atoms with van der Waals surface area (Å²) >= 11 is 0. The van der Waals surface area contributed by atoms with Crippen LogP contribution in [0.15, 0.2) is 30.3 Å². The second kappa shape index (κ2) is 19.9. The van der Waals surface area contributed by atoms with E-state index in [-0.39, 0.29) is 38.2 Å². The number of aliphatic carboxylic acids is 1. The maximum atomic E-state index is 13.6. The molecular formula is C33H51N5O10. The Morgan fingerprint density at radius 1 is 0.792 bits per heavy atom. The Morgan fingerprint density at radius 3 is 1.88 bits per heavy atom. The van der Waals surface area contributed by atoms with E-state index in [0.29, 0.717) is 6.42 Å². The van der Waals surface area contributed by atoms with Crippen molar-refractivity contribution in [2.75, 3.05) is 0 Å². The molecule has 48 heavy (non-hydrogen) atoms. The van der Waals surface area contributed by atoms with E-state index >= 15 is 0 Å². The number of carbonyl (C=O) groups is 7. The van der Waals surface area contributed by atoms with Gasteiger partial charge >= 0.3 is 18.0 Å². The van der Waals surface area contributed by atoms with Crippen LogP contribution in [0.3, 0.4) is 0 Å². The number of hydrogen-bond acceptors (Lipinski definition) is 9. The summed E-state index contributed by atoms with van der Waals surface area (Å²) < 4.78 is 10.6. The van der Waals surface area contributed by atoms with Gasteiger partial charge in [0.2, 0.25) is 23.6 Å². The Kier molecular flexibility index (Phi) is 17.1. The molecule has 1 aromatic carbocycles. The third-order valence-electron chi connectivity index (χ3n) is 7.21. The molecule has 0 spiro atoms. The lowest BCUT2D eigenvalue weighted by atomic mass is 9.96. The van der Waals surface area contributed by atoms with Gasteiger partial charge in [-0.1, -0.05) is 64.4 Å². The van der Waals surface area contributed by atoms with E-state index in [9.17, 15) is 38.7 Å². The number of amides is 5. The van der Waals surface area contributed by atoms with Crippen LogP contribution < -0.4 is 27.0 Å². The average molecular weight is 678 g/mol. The lowest BCUT2D eigenvalue weighted by molar-refractivity contribution is -0.155. The molecule has 1 aromatic rings. The van der Waals surface area contributed by atoms with Gasteiger partial charge in [0.15, 0.2) is 0 Å². The van der Waals surface area contributed by atoms with E-state index in [2.05, 4.69) is 21.3 Å². The first-order valence-corrected chi connectivity index (χ1v) is 16.0. The first-order chi connectivity index (χ1) is 22.3. The first kappa shape index (κ1) is 41.3. The number of carboxylic acid groups (broad SMARTS) is 1. The molecule has 268 valence electrons. The fraction of sp³-hybridized carbons (Fsp3) is 0.606. The van der Waals surface area contributed by atoms with Crippen LogP contribution >= 0.6 is 0 Å². The van der Waals surface area contributed by atoms with Crippen molar-refractivity contribution in [1.29, 1.82) is 0 Å².